The van der Waals surface area contributed by atoms with Gasteiger partial charge in [-0.1, -0.05) is 6.07 Å². The van der Waals surface area contributed by atoms with E-state index in [2.05, 4.69) is 5.10 Å². The number of aryl methyl sites for hydroxylation is 1. The molecule has 1 heterocycles. The number of hydrogen-bond donors (Lipinski definition) is 1. The first-order valence-electron chi connectivity index (χ1n) is 6.06. The summed E-state index contributed by atoms with van der Waals surface area (Å²) in [6.07, 6.45) is -0.619. The van der Waals surface area contributed by atoms with E-state index in [-0.39, 0.29) is 6.54 Å². The second-order valence-electron chi connectivity index (χ2n) is 4.65. The van der Waals surface area contributed by atoms with Crippen molar-refractivity contribution in [3.8, 4) is 0 Å². The van der Waals surface area contributed by atoms with Crippen molar-refractivity contribution in [3.63, 3.8) is 0 Å². The molecule has 1 aromatic carbocycles. The Labute approximate surface area is 110 Å². The first kappa shape index (κ1) is 13.7. The molecule has 0 amide bonds. The highest BCUT2D eigenvalue weighted by Gasteiger charge is 2.16. The average Bonchev–Trinajstić information content (AvgIpc) is 2.58. The van der Waals surface area contributed by atoms with E-state index in [1.807, 2.05) is 6.92 Å². The minimum absolute atomic E-state index is 0.214. The van der Waals surface area contributed by atoms with Gasteiger partial charge in [0.15, 0.2) is 0 Å². The van der Waals surface area contributed by atoms with Gasteiger partial charge in [-0.2, -0.15) is 5.10 Å². The van der Waals surface area contributed by atoms with Crippen LogP contribution in [0.4, 0.5) is 8.78 Å². The first-order chi connectivity index (χ1) is 8.90. The fourth-order valence-corrected chi connectivity index (χ4v) is 2.28. The molecule has 0 fully saturated rings. The van der Waals surface area contributed by atoms with Crippen LogP contribution in [0, 0.1) is 25.5 Å². The summed E-state index contributed by atoms with van der Waals surface area (Å²) in [6, 6.07) is 3.49. The second-order valence-corrected chi connectivity index (χ2v) is 4.65. The van der Waals surface area contributed by atoms with Crippen LogP contribution in [-0.4, -0.2) is 14.9 Å². The number of aliphatic hydroxyl groups excluding tert-OH is 1. The lowest BCUT2D eigenvalue weighted by Gasteiger charge is -2.08. The molecule has 0 saturated heterocycles. The summed E-state index contributed by atoms with van der Waals surface area (Å²) in [5.41, 5.74) is 2.62. The van der Waals surface area contributed by atoms with E-state index in [1.165, 1.54) is 12.1 Å². The number of nitrogens with zero attached hydrogens (tertiary/aromatic N) is 2. The number of hydrogen-bond acceptors (Lipinski definition) is 2. The topological polar surface area (TPSA) is 38.0 Å². The molecular formula is C14H16F2N2O. The number of halogens is 2. The van der Waals surface area contributed by atoms with Crippen LogP contribution in [0.15, 0.2) is 18.2 Å². The summed E-state index contributed by atoms with van der Waals surface area (Å²) < 4.78 is 28.1. The smallest absolute Gasteiger partial charge is 0.131 e. The number of rotatable bonds is 3. The van der Waals surface area contributed by atoms with Crippen molar-refractivity contribution in [2.75, 3.05) is 0 Å². The van der Waals surface area contributed by atoms with Crippen molar-refractivity contribution in [1.29, 1.82) is 0 Å². The van der Waals surface area contributed by atoms with Crippen molar-refractivity contribution in [2.45, 2.75) is 33.4 Å². The van der Waals surface area contributed by atoms with Crippen LogP contribution in [0.25, 0.3) is 0 Å². The molecule has 1 N–H and O–H groups in total. The fraction of sp³-hybridized carbons (Fsp3) is 0.357. The van der Waals surface area contributed by atoms with E-state index < -0.39 is 17.7 Å². The van der Waals surface area contributed by atoms with Gasteiger partial charge in [0.25, 0.3) is 0 Å². The van der Waals surface area contributed by atoms with Crippen LogP contribution in [0.2, 0.25) is 0 Å². The molecule has 2 rings (SSSR count). The summed E-state index contributed by atoms with van der Waals surface area (Å²) in [6.45, 7) is 5.50. The van der Waals surface area contributed by atoms with Crippen LogP contribution < -0.4 is 0 Å². The lowest BCUT2D eigenvalue weighted by atomic mass is 10.1. The zero-order valence-electron chi connectivity index (χ0n) is 11.1. The number of benzene rings is 1. The van der Waals surface area contributed by atoms with Gasteiger partial charge in [0.05, 0.1) is 18.3 Å². The fourth-order valence-electron chi connectivity index (χ4n) is 2.28. The molecule has 0 saturated carbocycles. The zero-order valence-corrected chi connectivity index (χ0v) is 11.1. The Morgan fingerprint density at radius 2 is 2.00 bits per heavy atom. The third kappa shape index (κ3) is 2.66. The van der Waals surface area contributed by atoms with Gasteiger partial charge < -0.3 is 5.11 Å². The van der Waals surface area contributed by atoms with Crippen LogP contribution >= 0.6 is 0 Å². The van der Waals surface area contributed by atoms with Gasteiger partial charge in [0.2, 0.25) is 0 Å². The third-order valence-electron chi connectivity index (χ3n) is 3.19. The summed E-state index contributed by atoms with van der Waals surface area (Å²) in [7, 11) is 0. The van der Waals surface area contributed by atoms with Gasteiger partial charge in [-0.05, 0) is 26.8 Å². The molecular weight excluding hydrogens is 250 g/mol. The molecule has 1 aromatic heterocycles. The maximum Gasteiger partial charge on any atom is 0.131 e. The molecule has 3 nitrogen and oxygen atoms in total. The molecule has 5 heteroatoms. The predicted octanol–water partition coefficient (Wildman–Crippen LogP) is 2.88. The van der Waals surface area contributed by atoms with Gasteiger partial charge in [-0.15, -0.1) is 0 Å². The Hall–Kier alpha value is -1.75. The normalized spacial score (nSPS) is 12.7. The van der Waals surface area contributed by atoms with E-state index in [9.17, 15) is 13.9 Å². The zero-order chi connectivity index (χ0) is 14.2. The molecule has 1 unspecified atom stereocenters. The number of aliphatic hydroxyl groups is 1. The highest BCUT2D eigenvalue weighted by atomic mass is 19.1. The number of aromatic nitrogens is 2. The van der Waals surface area contributed by atoms with Gasteiger partial charge in [0.1, 0.15) is 11.6 Å². The SMILES string of the molecule is Cc1nn(Cc2ccc(F)cc2F)c(C)c1C(C)O. The molecule has 0 aliphatic heterocycles. The Morgan fingerprint density at radius 3 is 2.53 bits per heavy atom. The van der Waals surface area contributed by atoms with E-state index in [1.54, 1.807) is 18.5 Å². The van der Waals surface area contributed by atoms with E-state index in [0.29, 0.717) is 5.56 Å². The van der Waals surface area contributed by atoms with Gasteiger partial charge in [-0.3, -0.25) is 4.68 Å². The second kappa shape index (κ2) is 5.09. The molecule has 0 aliphatic rings. The predicted molar refractivity (Wildman–Crippen MR) is 67.8 cm³/mol. The average molecular weight is 266 g/mol. The molecule has 0 bridgehead atoms. The van der Waals surface area contributed by atoms with Gasteiger partial charge >= 0.3 is 0 Å². The first-order valence-corrected chi connectivity index (χ1v) is 6.06. The highest BCUT2D eigenvalue weighted by molar-refractivity contribution is 5.28. The van der Waals surface area contributed by atoms with E-state index >= 15 is 0 Å². The van der Waals surface area contributed by atoms with Crippen LogP contribution in [0.1, 0.15) is 35.5 Å². The van der Waals surface area contributed by atoms with Gasteiger partial charge in [0, 0.05) is 22.9 Å². The maximum atomic E-state index is 13.6. The Bertz CT molecular complexity index is 606. The molecule has 19 heavy (non-hydrogen) atoms. The molecule has 2 aromatic rings. The van der Waals surface area contributed by atoms with Crippen molar-refractivity contribution in [2.24, 2.45) is 0 Å². The van der Waals surface area contributed by atoms with Crippen molar-refractivity contribution < 1.29 is 13.9 Å². The summed E-state index contributed by atoms with van der Waals surface area (Å²) in [4.78, 5) is 0. The quantitative estimate of drug-likeness (QED) is 0.927. The summed E-state index contributed by atoms with van der Waals surface area (Å²) in [5.74, 6) is -1.19. The molecule has 0 aliphatic carbocycles. The van der Waals surface area contributed by atoms with Crippen molar-refractivity contribution >= 4 is 0 Å². The van der Waals surface area contributed by atoms with E-state index in [4.69, 9.17) is 0 Å². The highest BCUT2D eigenvalue weighted by Crippen LogP contribution is 2.22. The Morgan fingerprint density at radius 1 is 1.32 bits per heavy atom. The molecule has 1 atom stereocenters. The van der Waals surface area contributed by atoms with Crippen LogP contribution in [0.5, 0.6) is 0 Å². The molecule has 0 spiro atoms. The minimum atomic E-state index is -0.619. The minimum Gasteiger partial charge on any atom is -0.389 e. The maximum absolute atomic E-state index is 13.6. The largest absolute Gasteiger partial charge is 0.389 e. The van der Waals surface area contributed by atoms with Crippen LogP contribution in [-0.2, 0) is 6.54 Å². The van der Waals surface area contributed by atoms with Crippen molar-refractivity contribution in [1.82, 2.24) is 9.78 Å². The molecule has 102 valence electrons. The Balaban J connectivity index is 2.36. The summed E-state index contributed by atoms with van der Waals surface area (Å²) in [5, 5.41) is 14.0. The third-order valence-corrected chi connectivity index (χ3v) is 3.19. The van der Waals surface area contributed by atoms with Gasteiger partial charge in [-0.25, -0.2) is 8.78 Å². The molecule has 0 radical (unpaired) electrons. The lowest BCUT2D eigenvalue weighted by molar-refractivity contribution is 0.197. The van der Waals surface area contributed by atoms with Crippen molar-refractivity contribution in [3.05, 3.63) is 52.3 Å². The lowest BCUT2D eigenvalue weighted by Crippen LogP contribution is -2.06. The Kier molecular flexibility index (Phi) is 3.66. The standard InChI is InChI=1S/C14H16F2N2O/c1-8-14(10(3)19)9(2)18(17-8)7-11-4-5-12(15)6-13(11)16/h4-6,10,19H,7H2,1-3H3. The van der Waals surface area contributed by atoms with Crippen LogP contribution in [0.3, 0.4) is 0 Å². The monoisotopic (exact) mass is 266 g/mol. The summed E-state index contributed by atoms with van der Waals surface area (Å²) >= 11 is 0. The van der Waals surface area contributed by atoms with E-state index in [0.717, 1.165) is 23.0 Å².